The van der Waals surface area contributed by atoms with Crippen LogP contribution in [0, 0.1) is 16.0 Å². The zero-order chi connectivity index (χ0) is 14.9. The lowest BCUT2D eigenvalue weighted by Gasteiger charge is -2.16. The van der Waals surface area contributed by atoms with Crippen molar-refractivity contribution in [2.75, 3.05) is 0 Å². The van der Waals surface area contributed by atoms with Gasteiger partial charge in [-0.05, 0) is 25.0 Å². The third kappa shape index (κ3) is 2.51. The van der Waals surface area contributed by atoms with Crippen LogP contribution >= 0.6 is 0 Å². The van der Waals surface area contributed by atoms with Gasteiger partial charge in [0.25, 0.3) is 5.69 Å². The van der Waals surface area contributed by atoms with Crippen molar-refractivity contribution in [3.05, 3.63) is 34.4 Å². The molecule has 0 radical (unpaired) electrons. The van der Waals surface area contributed by atoms with Crippen molar-refractivity contribution in [2.24, 2.45) is 5.92 Å². The van der Waals surface area contributed by atoms with Crippen LogP contribution in [0.3, 0.4) is 0 Å². The smallest absolute Gasteiger partial charge is 0.307 e. The Morgan fingerprint density at radius 2 is 1.85 bits per heavy atom. The summed E-state index contributed by atoms with van der Waals surface area (Å²) in [6.07, 6.45) is 1.19. The number of carbonyl (C=O) groups is 1. The van der Waals surface area contributed by atoms with Crippen molar-refractivity contribution in [1.29, 1.82) is 0 Å². The summed E-state index contributed by atoms with van der Waals surface area (Å²) in [7, 11) is -3.78. The average molecular weight is 299 g/mol. The Morgan fingerprint density at radius 1 is 1.25 bits per heavy atom. The molecule has 8 heteroatoms. The Hall–Kier alpha value is -1.96. The lowest BCUT2D eigenvalue weighted by Crippen LogP contribution is -2.30. The fraction of sp³-hybridized carbons (Fsp3) is 0.417. The van der Waals surface area contributed by atoms with Gasteiger partial charge in [-0.25, -0.2) is 8.42 Å². The van der Waals surface area contributed by atoms with Crippen molar-refractivity contribution in [3.8, 4) is 0 Å². The molecule has 1 aromatic carbocycles. The van der Waals surface area contributed by atoms with Crippen LogP contribution in [0.5, 0.6) is 0 Å². The highest BCUT2D eigenvalue weighted by Crippen LogP contribution is 2.35. The second-order valence-corrected chi connectivity index (χ2v) is 6.88. The standard InChI is InChI=1S/C12H13NO6S/c14-12(15)10-2-1-3-11(10)20(18,19)9-6-4-8(5-7-9)13(16)17/h4-7,10-11H,1-3H2,(H,14,15). The zero-order valence-corrected chi connectivity index (χ0v) is 11.2. The molecule has 20 heavy (non-hydrogen) atoms. The van der Waals surface area contributed by atoms with E-state index in [0.29, 0.717) is 19.3 Å². The monoisotopic (exact) mass is 299 g/mol. The molecule has 0 spiro atoms. The molecule has 2 atom stereocenters. The fourth-order valence-corrected chi connectivity index (χ4v) is 4.54. The van der Waals surface area contributed by atoms with E-state index in [4.69, 9.17) is 5.11 Å². The fourth-order valence-electron chi connectivity index (χ4n) is 2.51. The first-order valence-electron chi connectivity index (χ1n) is 6.05. The summed E-state index contributed by atoms with van der Waals surface area (Å²) in [4.78, 5) is 20.9. The number of benzene rings is 1. The van der Waals surface area contributed by atoms with Gasteiger partial charge < -0.3 is 5.11 Å². The van der Waals surface area contributed by atoms with Crippen molar-refractivity contribution in [1.82, 2.24) is 0 Å². The molecule has 0 saturated heterocycles. The predicted octanol–water partition coefficient (Wildman–Crippen LogP) is 1.62. The molecule has 0 amide bonds. The van der Waals surface area contributed by atoms with Crippen LogP contribution in [-0.4, -0.2) is 29.7 Å². The van der Waals surface area contributed by atoms with Gasteiger partial charge in [0.2, 0.25) is 0 Å². The molecule has 1 aliphatic carbocycles. The van der Waals surface area contributed by atoms with E-state index < -0.39 is 31.9 Å². The molecular formula is C12H13NO6S. The number of carboxylic acid groups (broad SMARTS) is 1. The van der Waals surface area contributed by atoms with Crippen molar-refractivity contribution in [2.45, 2.75) is 29.4 Å². The number of nitro groups is 1. The minimum atomic E-state index is -3.78. The van der Waals surface area contributed by atoms with Gasteiger partial charge in [-0.1, -0.05) is 6.42 Å². The predicted molar refractivity (Wildman–Crippen MR) is 69.0 cm³/mol. The highest BCUT2D eigenvalue weighted by Gasteiger charge is 2.42. The Kier molecular flexibility index (Phi) is 3.76. The van der Waals surface area contributed by atoms with E-state index in [1.54, 1.807) is 0 Å². The maximum Gasteiger partial charge on any atom is 0.307 e. The Morgan fingerprint density at radius 3 is 2.35 bits per heavy atom. The van der Waals surface area contributed by atoms with Crippen molar-refractivity contribution < 1.29 is 23.2 Å². The van der Waals surface area contributed by atoms with Gasteiger partial charge in [-0.3, -0.25) is 14.9 Å². The third-order valence-corrected chi connectivity index (χ3v) is 5.83. The number of hydrogen-bond acceptors (Lipinski definition) is 5. The SMILES string of the molecule is O=C(O)C1CCCC1S(=O)(=O)c1ccc([N+](=O)[O-])cc1. The van der Waals surface area contributed by atoms with E-state index in [1.165, 1.54) is 0 Å². The van der Waals surface area contributed by atoms with E-state index >= 15 is 0 Å². The van der Waals surface area contributed by atoms with E-state index in [1.807, 2.05) is 0 Å². The first kappa shape index (κ1) is 14.4. The molecule has 1 N–H and O–H groups in total. The van der Waals surface area contributed by atoms with Crippen LogP contribution in [0.25, 0.3) is 0 Å². The summed E-state index contributed by atoms with van der Waals surface area (Å²) in [5.74, 6) is -2.02. The number of nitrogens with zero attached hydrogens (tertiary/aromatic N) is 1. The van der Waals surface area contributed by atoms with E-state index in [2.05, 4.69) is 0 Å². The molecule has 1 saturated carbocycles. The molecule has 1 aromatic rings. The molecule has 108 valence electrons. The number of rotatable bonds is 4. The molecule has 2 unspecified atom stereocenters. The molecule has 0 bridgehead atoms. The van der Waals surface area contributed by atoms with Crippen LogP contribution in [-0.2, 0) is 14.6 Å². The Bertz CT molecular complexity index is 636. The molecule has 7 nitrogen and oxygen atoms in total. The van der Waals surface area contributed by atoms with Crippen molar-refractivity contribution in [3.63, 3.8) is 0 Å². The number of sulfone groups is 1. The largest absolute Gasteiger partial charge is 0.481 e. The normalized spacial score (nSPS) is 22.6. The first-order valence-corrected chi connectivity index (χ1v) is 7.60. The first-order chi connectivity index (χ1) is 9.34. The number of aliphatic carboxylic acids is 1. The van der Waals surface area contributed by atoms with E-state index in [0.717, 1.165) is 24.3 Å². The lowest BCUT2D eigenvalue weighted by molar-refractivity contribution is -0.384. The number of carboxylic acids is 1. The Labute approximate surface area is 115 Å². The van der Waals surface area contributed by atoms with Gasteiger partial charge >= 0.3 is 5.97 Å². The average Bonchev–Trinajstić information content (AvgIpc) is 2.89. The number of nitro benzene ring substituents is 1. The zero-order valence-electron chi connectivity index (χ0n) is 10.4. The highest BCUT2D eigenvalue weighted by molar-refractivity contribution is 7.92. The molecule has 1 aliphatic rings. The quantitative estimate of drug-likeness (QED) is 0.667. The maximum absolute atomic E-state index is 12.4. The molecule has 1 fully saturated rings. The summed E-state index contributed by atoms with van der Waals surface area (Å²) < 4.78 is 24.8. The van der Waals surface area contributed by atoms with Crippen LogP contribution in [0.2, 0.25) is 0 Å². The minimum absolute atomic E-state index is 0.0683. The summed E-state index contributed by atoms with van der Waals surface area (Å²) in [5, 5.41) is 18.6. The topological polar surface area (TPSA) is 115 Å². The van der Waals surface area contributed by atoms with E-state index in [-0.39, 0.29) is 10.6 Å². The van der Waals surface area contributed by atoms with Crippen LogP contribution in [0.4, 0.5) is 5.69 Å². The minimum Gasteiger partial charge on any atom is -0.481 e. The summed E-state index contributed by atoms with van der Waals surface area (Å²) in [6.45, 7) is 0. The van der Waals surface area contributed by atoms with Crippen LogP contribution in [0.15, 0.2) is 29.2 Å². The second kappa shape index (κ2) is 5.20. The van der Waals surface area contributed by atoms with E-state index in [9.17, 15) is 23.3 Å². The van der Waals surface area contributed by atoms with Gasteiger partial charge in [0, 0.05) is 12.1 Å². The maximum atomic E-state index is 12.4. The Balaban J connectivity index is 2.35. The number of non-ortho nitro benzene ring substituents is 1. The van der Waals surface area contributed by atoms with Gasteiger partial charge in [-0.15, -0.1) is 0 Å². The molecule has 0 heterocycles. The number of hydrogen-bond donors (Lipinski definition) is 1. The van der Waals surface area contributed by atoms with Crippen molar-refractivity contribution >= 4 is 21.5 Å². The van der Waals surface area contributed by atoms with Gasteiger partial charge in [-0.2, -0.15) is 0 Å². The molecule has 0 aromatic heterocycles. The summed E-state index contributed by atoms with van der Waals surface area (Å²) in [5.41, 5.74) is -0.204. The second-order valence-electron chi connectivity index (χ2n) is 4.71. The molecule has 2 rings (SSSR count). The summed E-state index contributed by atoms with van der Waals surface area (Å²) in [6, 6.07) is 4.53. The molecule has 0 aliphatic heterocycles. The van der Waals surface area contributed by atoms with Gasteiger partial charge in [0.05, 0.1) is 21.0 Å². The third-order valence-electron chi connectivity index (χ3n) is 3.54. The van der Waals surface area contributed by atoms with Crippen LogP contribution in [0.1, 0.15) is 19.3 Å². The van der Waals surface area contributed by atoms with Gasteiger partial charge in [0.1, 0.15) is 0 Å². The molecular weight excluding hydrogens is 286 g/mol. The highest BCUT2D eigenvalue weighted by atomic mass is 32.2. The summed E-state index contributed by atoms with van der Waals surface area (Å²) >= 11 is 0. The van der Waals surface area contributed by atoms with Gasteiger partial charge in [0.15, 0.2) is 9.84 Å². The lowest BCUT2D eigenvalue weighted by atomic mass is 10.1. The van der Waals surface area contributed by atoms with Crippen LogP contribution < -0.4 is 0 Å².